The summed E-state index contributed by atoms with van der Waals surface area (Å²) < 4.78 is 1.26. The van der Waals surface area contributed by atoms with Gasteiger partial charge in [-0.2, -0.15) is 0 Å². The lowest BCUT2D eigenvalue weighted by Crippen LogP contribution is -2.09. The van der Waals surface area contributed by atoms with Gasteiger partial charge in [0.05, 0.1) is 5.69 Å². The summed E-state index contributed by atoms with van der Waals surface area (Å²) in [6.45, 7) is 0. The van der Waals surface area contributed by atoms with Crippen LogP contribution in [-0.4, -0.2) is 24.9 Å². The highest BCUT2D eigenvalue weighted by molar-refractivity contribution is 7.25. The van der Waals surface area contributed by atoms with Crippen LogP contribution in [0.3, 0.4) is 0 Å². The molecule has 10 aromatic rings. The van der Waals surface area contributed by atoms with Gasteiger partial charge in [-0.05, 0) is 102 Å². The quantitative estimate of drug-likeness (QED) is 0.174. The molecular formula is C45H28N6S. The van der Waals surface area contributed by atoms with Crippen molar-refractivity contribution in [3.8, 4) is 33.5 Å². The number of aromatic nitrogens is 5. The van der Waals surface area contributed by atoms with Crippen molar-refractivity contribution in [3.05, 3.63) is 170 Å². The second-order valence-corrected chi connectivity index (χ2v) is 13.7. The molecule has 6 heterocycles. The molecular weight excluding hydrogens is 657 g/mol. The van der Waals surface area contributed by atoms with Gasteiger partial charge in [-0.1, -0.05) is 54.6 Å². The molecule has 0 bridgehead atoms. The number of nitrogens with zero attached hydrogens (tertiary/aromatic N) is 6. The Labute approximate surface area is 303 Å². The molecule has 0 atom stereocenters. The fourth-order valence-electron chi connectivity index (χ4n) is 6.85. The van der Waals surface area contributed by atoms with Crippen LogP contribution in [0.15, 0.2) is 170 Å². The van der Waals surface area contributed by atoms with Gasteiger partial charge in [0.15, 0.2) is 11.3 Å². The fourth-order valence-corrected chi connectivity index (χ4v) is 7.92. The zero-order valence-corrected chi connectivity index (χ0v) is 28.6. The number of anilines is 3. The molecule has 10 rings (SSSR count). The lowest BCUT2D eigenvalue weighted by molar-refractivity contribution is 1.27. The van der Waals surface area contributed by atoms with Crippen molar-refractivity contribution in [1.29, 1.82) is 0 Å². The second-order valence-electron chi connectivity index (χ2n) is 12.7. The number of benzene rings is 4. The molecule has 0 fully saturated rings. The Morgan fingerprint density at radius 2 is 0.962 bits per heavy atom. The molecule has 6 nitrogen and oxygen atoms in total. The number of pyridine rings is 5. The Hall–Kier alpha value is -6.83. The van der Waals surface area contributed by atoms with E-state index in [0.29, 0.717) is 0 Å². The fraction of sp³-hybridized carbons (Fsp3) is 0. The summed E-state index contributed by atoms with van der Waals surface area (Å²) >= 11 is 1.74. The van der Waals surface area contributed by atoms with E-state index in [1.807, 2.05) is 36.7 Å². The van der Waals surface area contributed by atoms with E-state index in [4.69, 9.17) is 4.98 Å². The molecule has 0 unspecified atom stereocenters. The maximum Gasteiger partial charge on any atom is 0.159 e. The van der Waals surface area contributed by atoms with Crippen LogP contribution in [0.4, 0.5) is 17.1 Å². The molecule has 52 heavy (non-hydrogen) atoms. The summed E-state index contributed by atoms with van der Waals surface area (Å²) in [5.41, 5.74) is 10.9. The predicted molar refractivity (Wildman–Crippen MR) is 214 cm³/mol. The summed E-state index contributed by atoms with van der Waals surface area (Å²) in [6.07, 6.45) is 7.32. The zero-order chi connectivity index (χ0) is 34.4. The molecule has 0 amide bonds. The largest absolute Gasteiger partial charge is 0.311 e. The molecule has 0 N–H and O–H groups in total. The molecule has 7 heteroatoms. The first-order chi connectivity index (χ1) is 25.7. The first-order valence-corrected chi connectivity index (χ1v) is 17.9. The third-order valence-electron chi connectivity index (χ3n) is 9.49. The molecule has 0 spiro atoms. The standard InChI is InChI=1S/C45H28N6S/c1-2-8-42-39(7-1)40-21-22-41(50-45(40)52-42)31-13-19-38(20-14-31)51(36-15-9-29(10-16-36)34-25-32-5-3-23-46-43(32)48-27-34)37-17-11-30(12-18-37)35-26-33-6-4-24-47-44(33)49-28-35/h1-28H. The van der Waals surface area contributed by atoms with Gasteiger partial charge in [0.1, 0.15) is 4.83 Å². The summed E-state index contributed by atoms with van der Waals surface area (Å²) in [4.78, 5) is 26.3. The molecule has 0 radical (unpaired) electrons. The minimum Gasteiger partial charge on any atom is -0.311 e. The molecule has 0 saturated heterocycles. The molecule has 0 aliphatic rings. The maximum atomic E-state index is 5.08. The van der Waals surface area contributed by atoms with Gasteiger partial charge in [-0.3, -0.25) is 0 Å². The average Bonchev–Trinajstić information content (AvgIpc) is 3.59. The van der Waals surface area contributed by atoms with E-state index < -0.39 is 0 Å². The van der Waals surface area contributed by atoms with Crippen molar-refractivity contribution in [2.24, 2.45) is 0 Å². The first-order valence-electron chi connectivity index (χ1n) is 17.0. The highest BCUT2D eigenvalue weighted by atomic mass is 32.1. The lowest BCUT2D eigenvalue weighted by Gasteiger charge is -2.26. The summed E-state index contributed by atoms with van der Waals surface area (Å²) in [5.74, 6) is 0. The van der Waals surface area contributed by atoms with Gasteiger partial charge in [-0.25, -0.2) is 24.9 Å². The first kappa shape index (κ1) is 30.0. The van der Waals surface area contributed by atoms with Crippen LogP contribution in [0, 0.1) is 0 Å². The van der Waals surface area contributed by atoms with Crippen LogP contribution in [0.5, 0.6) is 0 Å². The predicted octanol–water partition coefficient (Wildman–Crippen LogP) is 11.8. The van der Waals surface area contributed by atoms with Crippen LogP contribution in [0.2, 0.25) is 0 Å². The highest BCUT2D eigenvalue weighted by Gasteiger charge is 2.15. The smallest absolute Gasteiger partial charge is 0.159 e. The summed E-state index contributed by atoms with van der Waals surface area (Å²) in [5, 5.41) is 4.49. The van der Waals surface area contributed by atoms with Crippen LogP contribution in [-0.2, 0) is 0 Å². The second kappa shape index (κ2) is 12.5. The third-order valence-corrected chi connectivity index (χ3v) is 10.6. The summed E-state index contributed by atoms with van der Waals surface area (Å²) in [7, 11) is 0. The van der Waals surface area contributed by atoms with Gasteiger partial charge >= 0.3 is 0 Å². The van der Waals surface area contributed by atoms with E-state index in [9.17, 15) is 0 Å². The van der Waals surface area contributed by atoms with Gasteiger partial charge in [-0.15, -0.1) is 11.3 Å². The number of thiophene rings is 1. The normalized spacial score (nSPS) is 11.5. The summed E-state index contributed by atoms with van der Waals surface area (Å²) in [6, 6.07) is 51.1. The SMILES string of the molecule is c1cnc2ncc(-c3ccc(N(c4ccc(-c5cnc6ncccc6c5)cc4)c4ccc(-c5ccc6c(n5)sc5ccccc56)cc4)cc3)cc2c1. The Bertz CT molecular complexity index is 2780. The van der Waals surface area contributed by atoms with Gasteiger partial charge in [0, 0.05) is 84.8 Å². The average molecular weight is 685 g/mol. The van der Waals surface area contributed by atoms with Crippen LogP contribution < -0.4 is 4.90 Å². The van der Waals surface area contributed by atoms with Crippen molar-refractivity contribution in [3.63, 3.8) is 0 Å². The van der Waals surface area contributed by atoms with E-state index in [-0.39, 0.29) is 0 Å². The monoisotopic (exact) mass is 684 g/mol. The zero-order valence-electron chi connectivity index (χ0n) is 27.8. The minimum atomic E-state index is 0.746. The van der Waals surface area contributed by atoms with Gasteiger partial charge < -0.3 is 4.90 Å². The third kappa shape index (κ3) is 5.41. The molecule has 244 valence electrons. The molecule has 0 aliphatic heterocycles. The molecule has 6 aromatic heterocycles. The van der Waals surface area contributed by atoms with Gasteiger partial charge in [0.2, 0.25) is 0 Å². The van der Waals surface area contributed by atoms with E-state index in [1.165, 1.54) is 15.5 Å². The van der Waals surface area contributed by atoms with E-state index in [1.54, 1.807) is 23.7 Å². The number of hydrogen-bond acceptors (Lipinski definition) is 7. The van der Waals surface area contributed by atoms with Crippen LogP contribution >= 0.6 is 11.3 Å². The molecule has 0 aliphatic carbocycles. The minimum absolute atomic E-state index is 0.746. The van der Waals surface area contributed by atoms with E-state index >= 15 is 0 Å². The van der Waals surface area contributed by atoms with Crippen LogP contribution in [0.1, 0.15) is 0 Å². The van der Waals surface area contributed by atoms with Crippen molar-refractivity contribution < 1.29 is 0 Å². The maximum absolute atomic E-state index is 5.08. The van der Waals surface area contributed by atoms with E-state index in [0.717, 1.165) is 77.5 Å². The van der Waals surface area contributed by atoms with Gasteiger partial charge in [0.25, 0.3) is 0 Å². The Morgan fingerprint density at radius 1 is 0.423 bits per heavy atom. The Morgan fingerprint density at radius 3 is 1.54 bits per heavy atom. The Balaban J connectivity index is 1.02. The Kier molecular flexibility index (Phi) is 7.22. The van der Waals surface area contributed by atoms with Crippen molar-refractivity contribution in [2.45, 2.75) is 0 Å². The molecule has 4 aromatic carbocycles. The number of fused-ring (bicyclic) bond motifs is 5. The number of hydrogen-bond donors (Lipinski definition) is 0. The van der Waals surface area contributed by atoms with Crippen LogP contribution in [0.25, 0.3) is 75.9 Å². The van der Waals surface area contributed by atoms with Crippen molar-refractivity contribution in [2.75, 3.05) is 4.90 Å². The van der Waals surface area contributed by atoms with Crippen molar-refractivity contribution >= 4 is 70.8 Å². The van der Waals surface area contributed by atoms with E-state index in [2.05, 4.69) is 146 Å². The molecule has 0 saturated carbocycles. The lowest BCUT2D eigenvalue weighted by atomic mass is 10.0. The highest BCUT2D eigenvalue weighted by Crippen LogP contribution is 2.39. The number of rotatable bonds is 6. The topological polar surface area (TPSA) is 67.7 Å². The van der Waals surface area contributed by atoms with Crippen molar-refractivity contribution in [1.82, 2.24) is 24.9 Å².